The Hall–Kier alpha value is -6.17. The van der Waals surface area contributed by atoms with Gasteiger partial charge in [-0.2, -0.15) is 0 Å². The predicted octanol–water partition coefficient (Wildman–Crippen LogP) is 12.0. The number of aromatic nitrogens is 3. The van der Waals surface area contributed by atoms with Crippen molar-refractivity contribution in [2.24, 2.45) is 0 Å². The molecule has 0 fully saturated rings. The lowest BCUT2D eigenvalue weighted by molar-refractivity contribution is 0.670. The molecule has 10 aromatic rings. The van der Waals surface area contributed by atoms with E-state index in [4.69, 9.17) is 19.4 Å². The van der Waals surface area contributed by atoms with Crippen LogP contribution in [0.1, 0.15) is 0 Å². The number of benzene rings is 7. The Labute approximate surface area is 279 Å². The molecule has 0 saturated carbocycles. The Morgan fingerprint density at radius 3 is 1.81 bits per heavy atom. The minimum atomic E-state index is 0.608. The fourth-order valence-corrected chi connectivity index (χ4v) is 7.99. The molecule has 0 saturated heterocycles. The van der Waals surface area contributed by atoms with Gasteiger partial charge >= 0.3 is 0 Å². The zero-order chi connectivity index (χ0) is 31.6. The first-order valence-electron chi connectivity index (χ1n) is 15.9. The van der Waals surface area contributed by atoms with E-state index in [1.165, 1.54) is 30.9 Å². The van der Waals surface area contributed by atoms with Crippen molar-refractivity contribution in [1.29, 1.82) is 0 Å². The molecule has 0 N–H and O–H groups in total. The van der Waals surface area contributed by atoms with Crippen LogP contribution in [0.3, 0.4) is 0 Å². The molecular formula is C43H25N3OS. The SMILES string of the molecule is c1ccc(-c2nc(-c3ccccc3)nc(-c3ccc(-c4ccc5sc6ccc7ccccc7c6c5c4)c4oc5ccccc5c34)n2)cc1. The van der Waals surface area contributed by atoms with Crippen LogP contribution < -0.4 is 0 Å². The van der Waals surface area contributed by atoms with Crippen LogP contribution in [0.15, 0.2) is 156 Å². The van der Waals surface area contributed by atoms with Crippen LogP contribution in [0.5, 0.6) is 0 Å². The first-order chi connectivity index (χ1) is 23.8. The van der Waals surface area contributed by atoms with E-state index in [0.717, 1.165) is 49.8 Å². The van der Waals surface area contributed by atoms with Gasteiger partial charge in [-0.1, -0.05) is 115 Å². The van der Waals surface area contributed by atoms with Gasteiger partial charge in [-0.25, -0.2) is 15.0 Å². The highest BCUT2D eigenvalue weighted by Gasteiger charge is 2.21. The fraction of sp³-hybridized carbons (Fsp3) is 0. The van der Waals surface area contributed by atoms with Crippen molar-refractivity contribution in [3.63, 3.8) is 0 Å². The second kappa shape index (κ2) is 10.7. The van der Waals surface area contributed by atoms with Crippen LogP contribution >= 0.6 is 11.3 Å². The number of furan rings is 1. The lowest BCUT2D eigenvalue weighted by atomic mass is 9.96. The largest absolute Gasteiger partial charge is 0.455 e. The molecule has 0 radical (unpaired) electrons. The summed E-state index contributed by atoms with van der Waals surface area (Å²) in [6.45, 7) is 0. The summed E-state index contributed by atoms with van der Waals surface area (Å²) in [5.74, 6) is 1.87. The van der Waals surface area contributed by atoms with Crippen LogP contribution in [-0.2, 0) is 0 Å². The quantitative estimate of drug-likeness (QED) is 0.194. The van der Waals surface area contributed by atoms with Gasteiger partial charge in [-0.3, -0.25) is 0 Å². The Bertz CT molecular complexity index is 2780. The summed E-state index contributed by atoms with van der Waals surface area (Å²) in [4.78, 5) is 15.1. The minimum absolute atomic E-state index is 0.608. The van der Waals surface area contributed by atoms with Gasteiger partial charge in [0.1, 0.15) is 11.2 Å². The molecule has 0 aliphatic carbocycles. The van der Waals surface area contributed by atoms with Gasteiger partial charge in [0.2, 0.25) is 0 Å². The normalized spacial score (nSPS) is 11.8. The lowest BCUT2D eigenvalue weighted by Gasteiger charge is -2.11. The molecule has 4 nitrogen and oxygen atoms in total. The molecule has 0 aliphatic rings. The first-order valence-corrected chi connectivity index (χ1v) is 16.8. The minimum Gasteiger partial charge on any atom is -0.455 e. The number of hydrogen-bond donors (Lipinski definition) is 0. The topological polar surface area (TPSA) is 51.8 Å². The van der Waals surface area contributed by atoms with Crippen LogP contribution in [0.2, 0.25) is 0 Å². The molecular weight excluding hydrogens is 607 g/mol. The molecule has 10 rings (SSSR count). The summed E-state index contributed by atoms with van der Waals surface area (Å²) in [5, 5.41) is 7.12. The molecule has 3 heterocycles. The summed E-state index contributed by atoms with van der Waals surface area (Å²) in [6.07, 6.45) is 0. The zero-order valence-electron chi connectivity index (χ0n) is 25.6. The van der Waals surface area contributed by atoms with Crippen molar-refractivity contribution < 1.29 is 4.42 Å². The molecule has 0 amide bonds. The van der Waals surface area contributed by atoms with E-state index in [0.29, 0.717) is 17.5 Å². The van der Waals surface area contributed by atoms with Crippen molar-refractivity contribution in [2.45, 2.75) is 0 Å². The maximum Gasteiger partial charge on any atom is 0.164 e. The highest BCUT2D eigenvalue weighted by molar-refractivity contribution is 7.26. The Morgan fingerprint density at radius 1 is 0.417 bits per heavy atom. The van der Waals surface area contributed by atoms with Crippen molar-refractivity contribution in [2.75, 3.05) is 0 Å². The highest BCUT2D eigenvalue weighted by Crippen LogP contribution is 2.44. The first kappa shape index (κ1) is 27.0. The predicted molar refractivity (Wildman–Crippen MR) is 199 cm³/mol. The van der Waals surface area contributed by atoms with E-state index in [2.05, 4.69) is 78.9 Å². The monoisotopic (exact) mass is 631 g/mol. The fourth-order valence-electron chi connectivity index (χ4n) is 6.89. The van der Waals surface area contributed by atoms with E-state index in [1.807, 2.05) is 84.1 Å². The second-order valence-corrected chi connectivity index (χ2v) is 13.1. The number of para-hydroxylation sites is 1. The maximum atomic E-state index is 6.71. The standard InChI is InChI=1S/C43H25N3OS/c1-3-12-27(13-4-1)41-44-42(28-14-5-2-6-15-28)46-43(45-41)33-22-21-31(40-39(33)32-17-9-10-18-35(32)47-40)29-20-23-36-34(25-29)38-30-16-8-7-11-26(30)19-24-37(38)48-36/h1-25H. The highest BCUT2D eigenvalue weighted by atomic mass is 32.1. The van der Waals surface area contributed by atoms with Crippen molar-refractivity contribution in [3.8, 4) is 45.3 Å². The molecule has 0 spiro atoms. The zero-order valence-corrected chi connectivity index (χ0v) is 26.4. The van der Waals surface area contributed by atoms with Crippen LogP contribution in [-0.4, -0.2) is 15.0 Å². The Kier molecular flexibility index (Phi) is 6.01. The summed E-state index contributed by atoms with van der Waals surface area (Å²) in [7, 11) is 0. The van der Waals surface area contributed by atoms with E-state index in [9.17, 15) is 0 Å². The van der Waals surface area contributed by atoms with Crippen LogP contribution in [0.4, 0.5) is 0 Å². The molecule has 0 aliphatic heterocycles. The van der Waals surface area contributed by atoms with Gasteiger partial charge in [0.15, 0.2) is 17.5 Å². The van der Waals surface area contributed by atoms with Gasteiger partial charge in [-0.05, 0) is 52.7 Å². The van der Waals surface area contributed by atoms with E-state index in [-0.39, 0.29) is 0 Å². The number of fused-ring (bicyclic) bond motifs is 8. The number of thiophene rings is 1. The van der Waals surface area contributed by atoms with E-state index in [1.54, 1.807) is 0 Å². The maximum absolute atomic E-state index is 6.71. The Morgan fingerprint density at radius 2 is 1.04 bits per heavy atom. The summed E-state index contributed by atoms with van der Waals surface area (Å²) in [6, 6.07) is 52.6. The van der Waals surface area contributed by atoms with Crippen molar-refractivity contribution in [1.82, 2.24) is 15.0 Å². The Balaban J connectivity index is 1.23. The average Bonchev–Trinajstić information content (AvgIpc) is 3.74. The van der Waals surface area contributed by atoms with E-state index < -0.39 is 0 Å². The number of rotatable bonds is 4. The summed E-state index contributed by atoms with van der Waals surface area (Å²) >= 11 is 1.84. The summed E-state index contributed by atoms with van der Waals surface area (Å²) < 4.78 is 9.28. The third-order valence-corrected chi connectivity index (χ3v) is 10.3. The third kappa shape index (κ3) is 4.25. The van der Waals surface area contributed by atoms with E-state index >= 15 is 0 Å². The number of nitrogens with zero attached hydrogens (tertiary/aromatic N) is 3. The number of hydrogen-bond acceptors (Lipinski definition) is 5. The van der Waals surface area contributed by atoms with Gasteiger partial charge in [0.05, 0.1) is 0 Å². The molecule has 0 bridgehead atoms. The summed E-state index contributed by atoms with van der Waals surface area (Å²) in [5.41, 5.74) is 6.57. The molecule has 3 aromatic heterocycles. The smallest absolute Gasteiger partial charge is 0.164 e. The molecule has 224 valence electrons. The molecule has 0 unspecified atom stereocenters. The molecule has 48 heavy (non-hydrogen) atoms. The van der Waals surface area contributed by atoms with Gasteiger partial charge in [0, 0.05) is 53.2 Å². The van der Waals surface area contributed by atoms with Crippen LogP contribution in [0.25, 0.3) is 98.2 Å². The van der Waals surface area contributed by atoms with Gasteiger partial charge < -0.3 is 4.42 Å². The third-order valence-electron chi connectivity index (χ3n) is 9.14. The van der Waals surface area contributed by atoms with Gasteiger partial charge in [0.25, 0.3) is 0 Å². The van der Waals surface area contributed by atoms with Crippen LogP contribution in [0, 0.1) is 0 Å². The molecule has 7 aromatic carbocycles. The lowest BCUT2D eigenvalue weighted by Crippen LogP contribution is -2.00. The molecule has 5 heteroatoms. The van der Waals surface area contributed by atoms with Crippen molar-refractivity contribution >= 4 is 64.2 Å². The second-order valence-electron chi connectivity index (χ2n) is 12.0. The van der Waals surface area contributed by atoms with Gasteiger partial charge in [-0.15, -0.1) is 11.3 Å². The average molecular weight is 632 g/mol. The van der Waals surface area contributed by atoms with Crippen molar-refractivity contribution in [3.05, 3.63) is 152 Å². The molecule has 0 atom stereocenters.